The van der Waals surface area contributed by atoms with Crippen LogP contribution in [-0.2, 0) is 6.18 Å². The molecule has 1 unspecified atom stereocenters. The monoisotopic (exact) mass is 535 g/mol. The molecule has 0 radical (unpaired) electrons. The zero-order valence-electron chi connectivity index (χ0n) is 18.7. The van der Waals surface area contributed by atoms with Crippen molar-refractivity contribution in [3.05, 3.63) is 81.0 Å². The van der Waals surface area contributed by atoms with E-state index in [2.05, 4.69) is 30.6 Å². The van der Waals surface area contributed by atoms with Crippen LogP contribution in [0.2, 0.25) is 5.02 Å². The predicted octanol–water partition coefficient (Wildman–Crippen LogP) is 4.84. The molecule has 2 N–H and O–H groups in total. The molecule has 2 amide bonds. The normalized spacial score (nSPS) is 12.3. The van der Waals surface area contributed by atoms with Crippen LogP contribution in [0.4, 0.5) is 19.0 Å². The lowest BCUT2D eigenvalue weighted by molar-refractivity contribution is -0.137. The van der Waals surface area contributed by atoms with E-state index < -0.39 is 34.6 Å². The molecule has 186 valence electrons. The third kappa shape index (κ3) is 5.36. The van der Waals surface area contributed by atoms with Gasteiger partial charge >= 0.3 is 6.18 Å². The molecule has 1 atom stereocenters. The van der Waals surface area contributed by atoms with Crippen molar-refractivity contribution in [2.24, 2.45) is 0 Å². The summed E-state index contributed by atoms with van der Waals surface area (Å²) in [5, 5.41) is 4.94. The highest BCUT2D eigenvalue weighted by atomic mass is 35.5. The van der Waals surface area contributed by atoms with Gasteiger partial charge in [0, 0.05) is 12.4 Å². The Labute approximate surface area is 211 Å². The van der Waals surface area contributed by atoms with Crippen molar-refractivity contribution in [3.8, 4) is 5.82 Å². The van der Waals surface area contributed by atoms with Crippen LogP contribution in [0.15, 0.2) is 49.1 Å². The number of pyridine rings is 2. The van der Waals surface area contributed by atoms with Gasteiger partial charge in [-0.15, -0.1) is 11.3 Å². The van der Waals surface area contributed by atoms with Gasteiger partial charge in [-0.3, -0.25) is 14.2 Å². The van der Waals surface area contributed by atoms with Gasteiger partial charge in [0.25, 0.3) is 11.8 Å². The fourth-order valence-corrected chi connectivity index (χ4v) is 4.23. The lowest BCUT2D eigenvalue weighted by Gasteiger charge is -2.13. The SMILES string of the molecule is Cc1ncc(C(=O)NC(C)c2ncc(C(=O)Nc3cc(C(F)(F)F)c(Cl)cn3)s2)n1-c1ccccn1. The molecule has 14 heteroatoms. The number of hydrogen-bond acceptors (Lipinski definition) is 7. The number of imidazole rings is 1. The summed E-state index contributed by atoms with van der Waals surface area (Å²) in [5.74, 6) is -0.345. The molecule has 9 nitrogen and oxygen atoms in total. The third-order valence-corrected chi connectivity index (χ3v) is 6.40. The molecular weight excluding hydrogens is 519 g/mol. The van der Waals surface area contributed by atoms with Crippen LogP contribution in [0.3, 0.4) is 0 Å². The first kappa shape index (κ1) is 25.3. The first-order valence-corrected chi connectivity index (χ1v) is 11.5. The summed E-state index contributed by atoms with van der Waals surface area (Å²) < 4.78 is 40.8. The van der Waals surface area contributed by atoms with E-state index in [1.807, 2.05) is 0 Å². The molecule has 0 saturated heterocycles. The molecule has 4 rings (SSSR count). The van der Waals surface area contributed by atoms with Crippen LogP contribution in [0, 0.1) is 6.92 Å². The minimum absolute atomic E-state index is 0.116. The molecule has 4 aromatic rings. The van der Waals surface area contributed by atoms with Crippen molar-refractivity contribution < 1.29 is 22.8 Å². The number of thiazole rings is 1. The van der Waals surface area contributed by atoms with Gasteiger partial charge in [0.2, 0.25) is 0 Å². The fourth-order valence-electron chi connectivity index (χ4n) is 3.21. The number of nitrogens with zero attached hydrogens (tertiary/aromatic N) is 5. The highest BCUT2D eigenvalue weighted by Crippen LogP contribution is 2.35. The van der Waals surface area contributed by atoms with Crippen LogP contribution in [0.1, 0.15) is 49.5 Å². The van der Waals surface area contributed by atoms with Crippen molar-refractivity contribution in [1.82, 2.24) is 29.8 Å². The van der Waals surface area contributed by atoms with Gasteiger partial charge in [0.15, 0.2) is 0 Å². The van der Waals surface area contributed by atoms with Crippen LogP contribution >= 0.6 is 22.9 Å². The Hall–Kier alpha value is -3.84. The van der Waals surface area contributed by atoms with Gasteiger partial charge < -0.3 is 10.6 Å². The average molecular weight is 536 g/mol. The summed E-state index contributed by atoms with van der Waals surface area (Å²) in [6.07, 6.45) is 0.412. The van der Waals surface area contributed by atoms with Crippen LogP contribution < -0.4 is 10.6 Å². The van der Waals surface area contributed by atoms with Crippen molar-refractivity contribution in [2.45, 2.75) is 26.1 Å². The molecule has 0 bridgehead atoms. The summed E-state index contributed by atoms with van der Waals surface area (Å²) in [5.41, 5.74) is -0.849. The number of halogens is 4. The standard InChI is InChI=1S/C22H17ClF3N7O2S/c1-11(31-19(34)15-9-28-12(2)33(15)18-5-3-4-6-27-18)21-30-10-16(36-21)20(35)32-17-7-13(22(24,25)26)14(23)8-29-17/h3-11H,1-2H3,(H,31,34)(H,29,32,35). The number of anilines is 1. The second kappa shape index (κ2) is 10.0. The number of aryl methyl sites for hydroxylation is 1. The van der Waals surface area contributed by atoms with Crippen LogP contribution in [-0.4, -0.2) is 36.3 Å². The van der Waals surface area contributed by atoms with Crippen molar-refractivity contribution in [2.75, 3.05) is 5.32 Å². The van der Waals surface area contributed by atoms with E-state index in [0.717, 1.165) is 17.5 Å². The van der Waals surface area contributed by atoms with E-state index in [0.29, 0.717) is 22.7 Å². The summed E-state index contributed by atoms with van der Waals surface area (Å²) >= 11 is 6.53. The number of amides is 2. The fraction of sp³-hybridized carbons (Fsp3) is 0.182. The molecular formula is C22H17ClF3N7O2S. The second-order valence-electron chi connectivity index (χ2n) is 7.47. The van der Waals surface area contributed by atoms with E-state index in [1.165, 1.54) is 12.4 Å². The molecule has 4 heterocycles. The molecule has 0 saturated carbocycles. The molecule has 0 aliphatic rings. The number of hydrogen-bond donors (Lipinski definition) is 2. The summed E-state index contributed by atoms with van der Waals surface area (Å²) in [6, 6.07) is 5.36. The molecule has 0 aromatic carbocycles. The van der Waals surface area contributed by atoms with Gasteiger partial charge in [0.05, 0.1) is 29.0 Å². The van der Waals surface area contributed by atoms with Crippen molar-refractivity contribution in [3.63, 3.8) is 0 Å². The van der Waals surface area contributed by atoms with Gasteiger partial charge in [-0.25, -0.2) is 19.9 Å². The van der Waals surface area contributed by atoms with E-state index in [-0.39, 0.29) is 16.4 Å². The Kier molecular flexibility index (Phi) is 7.04. The highest BCUT2D eigenvalue weighted by Gasteiger charge is 2.34. The lowest BCUT2D eigenvalue weighted by atomic mass is 10.2. The number of rotatable bonds is 6. The quantitative estimate of drug-likeness (QED) is 0.365. The first-order valence-electron chi connectivity index (χ1n) is 10.3. The zero-order chi connectivity index (χ0) is 26.0. The average Bonchev–Trinajstić information content (AvgIpc) is 3.47. The third-order valence-electron chi connectivity index (χ3n) is 4.92. The minimum Gasteiger partial charge on any atom is -0.342 e. The predicted molar refractivity (Wildman–Crippen MR) is 126 cm³/mol. The van der Waals surface area contributed by atoms with Gasteiger partial charge in [-0.2, -0.15) is 13.2 Å². The van der Waals surface area contributed by atoms with Crippen LogP contribution in [0.25, 0.3) is 5.82 Å². The maximum absolute atomic E-state index is 13.1. The van der Waals surface area contributed by atoms with Crippen LogP contribution in [0.5, 0.6) is 0 Å². The molecule has 0 spiro atoms. The van der Waals surface area contributed by atoms with E-state index >= 15 is 0 Å². The van der Waals surface area contributed by atoms with Gasteiger partial charge in [-0.05, 0) is 32.0 Å². The summed E-state index contributed by atoms with van der Waals surface area (Å²) in [7, 11) is 0. The maximum atomic E-state index is 13.1. The Balaban J connectivity index is 1.46. The molecule has 0 aliphatic heterocycles. The van der Waals surface area contributed by atoms with E-state index in [9.17, 15) is 22.8 Å². The molecule has 4 aromatic heterocycles. The lowest BCUT2D eigenvalue weighted by Crippen LogP contribution is -2.28. The number of carbonyl (C=O) groups excluding carboxylic acids is 2. The van der Waals surface area contributed by atoms with Crippen molar-refractivity contribution >= 4 is 40.6 Å². The second-order valence-corrected chi connectivity index (χ2v) is 8.94. The molecule has 0 aliphatic carbocycles. The summed E-state index contributed by atoms with van der Waals surface area (Å²) in [6.45, 7) is 3.43. The highest BCUT2D eigenvalue weighted by molar-refractivity contribution is 7.13. The van der Waals surface area contributed by atoms with Gasteiger partial charge in [-0.1, -0.05) is 17.7 Å². The summed E-state index contributed by atoms with van der Waals surface area (Å²) in [4.78, 5) is 41.9. The molecule has 0 fully saturated rings. The van der Waals surface area contributed by atoms with E-state index in [4.69, 9.17) is 11.6 Å². The zero-order valence-corrected chi connectivity index (χ0v) is 20.2. The number of carbonyl (C=O) groups is 2. The number of alkyl halides is 3. The number of aromatic nitrogens is 5. The smallest absolute Gasteiger partial charge is 0.342 e. The Morgan fingerprint density at radius 3 is 2.56 bits per heavy atom. The minimum atomic E-state index is -4.70. The number of nitrogens with one attached hydrogen (secondary N) is 2. The Morgan fingerprint density at radius 1 is 1.08 bits per heavy atom. The largest absolute Gasteiger partial charge is 0.418 e. The Bertz CT molecular complexity index is 1420. The maximum Gasteiger partial charge on any atom is 0.418 e. The molecule has 36 heavy (non-hydrogen) atoms. The Morgan fingerprint density at radius 2 is 1.86 bits per heavy atom. The van der Waals surface area contributed by atoms with Gasteiger partial charge in [0.1, 0.15) is 33.0 Å². The van der Waals surface area contributed by atoms with E-state index in [1.54, 1.807) is 42.8 Å². The first-order chi connectivity index (χ1) is 17.0. The van der Waals surface area contributed by atoms with Crippen molar-refractivity contribution in [1.29, 1.82) is 0 Å². The topological polar surface area (TPSA) is 115 Å².